The lowest BCUT2D eigenvalue weighted by Gasteiger charge is -2.14. The van der Waals surface area contributed by atoms with E-state index in [0.29, 0.717) is 23.1 Å². The third kappa shape index (κ3) is 4.44. The zero-order valence-electron chi connectivity index (χ0n) is 11.7. The van der Waals surface area contributed by atoms with Crippen LogP contribution in [0.4, 0.5) is 5.13 Å². The molecule has 0 aliphatic rings. The molecule has 1 unspecified atom stereocenters. The molecular formula is C14H16N2O4S. The van der Waals surface area contributed by atoms with Crippen molar-refractivity contribution in [2.75, 3.05) is 19.0 Å². The highest BCUT2D eigenvalue weighted by Gasteiger charge is 2.12. The van der Waals surface area contributed by atoms with E-state index in [4.69, 9.17) is 9.47 Å². The molecule has 1 aromatic heterocycles. The maximum atomic E-state index is 12.1. The van der Waals surface area contributed by atoms with Gasteiger partial charge in [-0.1, -0.05) is 0 Å². The first kappa shape index (κ1) is 15.3. The predicted octanol–water partition coefficient (Wildman–Crippen LogP) is 2.51. The highest BCUT2D eigenvalue weighted by Crippen LogP contribution is 2.24. The van der Waals surface area contributed by atoms with Gasteiger partial charge in [0.25, 0.3) is 5.91 Å². The summed E-state index contributed by atoms with van der Waals surface area (Å²) in [7, 11) is 1.58. The second-order valence-electron chi connectivity index (χ2n) is 4.39. The van der Waals surface area contributed by atoms with Gasteiger partial charge in [0.1, 0.15) is 17.6 Å². The van der Waals surface area contributed by atoms with Gasteiger partial charge in [-0.3, -0.25) is 10.1 Å². The zero-order chi connectivity index (χ0) is 15.2. The first-order chi connectivity index (χ1) is 10.1. The Labute approximate surface area is 126 Å². The van der Waals surface area contributed by atoms with Gasteiger partial charge in [0.2, 0.25) is 0 Å². The van der Waals surface area contributed by atoms with Crippen molar-refractivity contribution < 1.29 is 19.4 Å². The van der Waals surface area contributed by atoms with Crippen LogP contribution in [0, 0.1) is 0 Å². The number of carbonyl (C=O) groups excluding carboxylic acids is 1. The van der Waals surface area contributed by atoms with Crippen LogP contribution in [0.5, 0.6) is 11.5 Å². The summed E-state index contributed by atoms with van der Waals surface area (Å²) in [6.45, 7) is 2.25. The van der Waals surface area contributed by atoms with Crippen molar-refractivity contribution in [2.45, 2.75) is 13.0 Å². The van der Waals surface area contributed by atoms with Gasteiger partial charge in [0, 0.05) is 30.3 Å². The summed E-state index contributed by atoms with van der Waals surface area (Å²) in [4.78, 5) is 16.1. The molecule has 0 aliphatic heterocycles. The van der Waals surface area contributed by atoms with Crippen LogP contribution < -0.4 is 10.1 Å². The number of benzene rings is 1. The average molecular weight is 308 g/mol. The van der Waals surface area contributed by atoms with Gasteiger partial charge in [0.05, 0.1) is 6.61 Å². The second kappa shape index (κ2) is 7.05. The molecule has 1 amide bonds. The first-order valence-electron chi connectivity index (χ1n) is 6.29. The van der Waals surface area contributed by atoms with E-state index in [2.05, 4.69) is 10.3 Å². The fourth-order valence-corrected chi connectivity index (χ4v) is 2.26. The van der Waals surface area contributed by atoms with E-state index in [1.807, 2.05) is 6.92 Å². The van der Waals surface area contributed by atoms with Crippen LogP contribution in [-0.2, 0) is 4.74 Å². The molecule has 0 saturated heterocycles. The molecule has 0 aliphatic carbocycles. The number of aromatic hydroxyl groups is 1. The lowest BCUT2D eigenvalue weighted by molar-refractivity contribution is 0.0915. The minimum atomic E-state index is -0.356. The number of ether oxygens (including phenoxy) is 2. The fourth-order valence-electron chi connectivity index (χ4n) is 1.74. The standard InChI is InChI=1S/C14H16N2O4S/c1-9(8-19-2)20-12-6-10(5-11(17)7-12)13(18)16-14-15-3-4-21-14/h3-7,9,17H,8H2,1-2H3,(H,15,16,18). The molecule has 0 radical (unpaired) electrons. The van der Waals surface area contributed by atoms with Crippen LogP contribution in [-0.4, -0.2) is 35.8 Å². The van der Waals surface area contributed by atoms with Crippen LogP contribution in [0.3, 0.4) is 0 Å². The van der Waals surface area contributed by atoms with E-state index in [1.54, 1.807) is 24.8 Å². The van der Waals surface area contributed by atoms with Gasteiger partial charge in [-0.2, -0.15) is 0 Å². The smallest absolute Gasteiger partial charge is 0.257 e. The van der Waals surface area contributed by atoms with E-state index in [9.17, 15) is 9.90 Å². The average Bonchev–Trinajstić information content (AvgIpc) is 2.91. The number of thiazole rings is 1. The summed E-state index contributed by atoms with van der Waals surface area (Å²) >= 11 is 1.32. The molecule has 0 fully saturated rings. The van der Waals surface area contributed by atoms with Crippen LogP contribution in [0.15, 0.2) is 29.8 Å². The van der Waals surface area contributed by atoms with Gasteiger partial charge in [-0.05, 0) is 19.1 Å². The summed E-state index contributed by atoms with van der Waals surface area (Å²) < 4.78 is 10.6. The molecule has 7 heteroatoms. The Balaban J connectivity index is 2.12. The Morgan fingerprint density at radius 1 is 1.48 bits per heavy atom. The number of methoxy groups -OCH3 is 1. The molecule has 1 aromatic carbocycles. The van der Waals surface area contributed by atoms with E-state index >= 15 is 0 Å². The molecule has 112 valence electrons. The summed E-state index contributed by atoms with van der Waals surface area (Å²) in [6, 6.07) is 4.39. The van der Waals surface area contributed by atoms with Crippen LogP contribution in [0.2, 0.25) is 0 Å². The number of aromatic nitrogens is 1. The zero-order valence-corrected chi connectivity index (χ0v) is 12.5. The third-order valence-electron chi connectivity index (χ3n) is 2.54. The highest BCUT2D eigenvalue weighted by molar-refractivity contribution is 7.13. The van der Waals surface area contributed by atoms with E-state index < -0.39 is 0 Å². The van der Waals surface area contributed by atoms with Gasteiger partial charge in [0.15, 0.2) is 5.13 Å². The van der Waals surface area contributed by atoms with Gasteiger partial charge in [-0.25, -0.2) is 4.98 Å². The van der Waals surface area contributed by atoms with Crippen LogP contribution in [0.1, 0.15) is 17.3 Å². The van der Waals surface area contributed by atoms with Crippen molar-refractivity contribution in [3.05, 3.63) is 35.3 Å². The van der Waals surface area contributed by atoms with Crippen molar-refractivity contribution >= 4 is 22.4 Å². The number of hydrogen-bond acceptors (Lipinski definition) is 6. The number of nitrogens with one attached hydrogen (secondary N) is 1. The Kier molecular flexibility index (Phi) is 5.13. The third-order valence-corrected chi connectivity index (χ3v) is 3.23. The van der Waals surface area contributed by atoms with Crippen molar-refractivity contribution in [3.63, 3.8) is 0 Å². The molecule has 2 rings (SSSR count). The molecule has 0 saturated carbocycles. The highest BCUT2D eigenvalue weighted by atomic mass is 32.1. The van der Waals surface area contributed by atoms with Crippen molar-refractivity contribution in [2.24, 2.45) is 0 Å². The maximum Gasteiger partial charge on any atom is 0.257 e. The topological polar surface area (TPSA) is 80.7 Å². The largest absolute Gasteiger partial charge is 0.508 e. The number of phenols is 1. The van der Waals surface area contributed by atoms with Crippen LogP contribution in [0.25, 0.3) is 0 Å². The maximum absolute atomic E-state index is 12.1. The SMILES string of the molecule is COCC(C)Oc1cc(O)cc(C(=O)Nc2nccs2)c1. The minimum absolute atomic E-state index is 0.0404. The van der Waals surface area contributed by atoms with Crippen molar-refractivity contribution in [3.8, 4) is 11.5 Å². The fraction of sp³-hybridized carbons (Fsp3) is 0.286. The monoisotopic (exact) mass is 308 g/mol. The van der Waals surface area contributed by atoms with Crippen LogP contribution >= 0.6 is 11.3 Å². The summed E-state index contributed by atoms with van der Waals surface area (Å²) in [6.07, 6.45) is 1.41. The normalized spacial score (nSPS) is 11.9. The Morgan fingerprint density at radius 2 is 2.29 bits per heavy atom. The number of phenolic OH excluding ortho intramolecular Hbond substituents is 1. The molecule has 2 aromatic rings. The summed E-state index contributed by atoms with van der Waals surface area (Å²) in [5, 5.41) is 14.6. The van der Waals surface area contributed by atoms with Gasteiger partial charge < -0.3 is 14.6 Å². The molecule has 21 heavy (non-hydrogen) atoms. The lowest BCUT2D eigenvalue weighted by Crippen LogP contribution is -2.18. The number of anilines is 1. The Bertz CT molecular complexity index is 601. The number of carbonyl (C=O) groups is 1. The molecule has 2 N–H and O–H groups in total. The predicted molar refractivity (Wildman–Crippen MR) is 80.1 cm³/mol. The first-order valence-corrected chi connectivity index (χ1v) is 7.17. The molecular weight excluding hydrogens is 292 g/mol. The quantitative estimate of drug-likeness (QED) is 0.857. The molecule has 1 heterocycles. The molecule has 0 bridgehead atoms. The number of nitrogens with zero attached hydrogens (tertiary/aromatic N) is 1. The van der Waals surface area contributed by atoms with Gasteiger partial charge in [-0.15, -0.1) is 11.3 Å². The van der Waals surface area contributed by atoms with E-state index in [-0.39, 0.29) is 17.8 Å². The Morgan fingerprint density at radius 3 is 2.95 bits per heavy atom. The summed E-state index contributed by atoms with van der Waals surface area (Å²) in [5.41, 5.74) is 0.296. The molecule has 6 nitrogen and oxygen atoms in total. The number of hydrogen-bond donors (Lipinski definition) is 2. The van der Waals surface area contributed by atoms with Gasteiger partial charge >= 0.3 is 0 Å². The summed E-state index contributed by atoms with van der Waals surface area (Å²) in [5.74, 6) is 0.00957. The minimum Gasteiger partial charge on any atom is -0.508 e. The number of amides is 1. The molecule has 0 spiro atoms. The van der Waals surface area contributed by atoms with Crippen molar-refractivity contribution in [1.29, 1.82) is 0 Å². The van der Waals surface area contributed by atoms with Crippen molar-refractivity contribution in [1.82, 2.24) is 4.98 Å². The lowest BCUT2D eigenvalue weighted by atomic mass is 10.2. The Hall–Kier alpha value is -2.12. The second-order valence-corrected chi connectivity index (χ2v) is 5.29. The number of rotatable bonds is 6. The molecule has 1 atom stereocenters. The van der Waals surface area contributed by atoms with E-state index in [1.165, 1.54) is 23.5 Å². The van der Waals surface area contributed by atoms with E-state index in [0.717, 1.165) is 0 Å².